The van der Waals surface area contributed by atoms with Crippen molar-refractivity contribution >= 4 is 23.1 Å². The second kappa shape index (κ2) is 6.05. The number of fused-ring (bicyclic) bond motifs is 1. The summed E-state index contributed by atoms with van der Waals surface area (Å²) in [5.41, 5.74) is 10.4. The van der Waals surface area contributed by atoms with Crippen molar-refractivity contribution in [3.8, 4) is 11.4 Å². The van der Waals surface area contributed by atoms with Gasteiger partial charge < -0.3 is 10.6 Å². The normalized spacial score (nSPS) is 13.6. The molecule has 3 heterocycles. The molecule has 1 aromatic carbocycles. The van der Waals surface area contributed by atoms with Gasteiger partial charge in [0.05, 0.1) is 11.4 Å². The molecule has 0 saturated heterocycles. The third kappa shape index (κ3) is 2.55. The topological polar surface area (TPSA) is 72.1 Å². The molecule has 0 unspecified atom stereocenters. The van der Waals surface area contributed by atoms with E-state index in [0.29, 0.717) is 35.0 Å². The smallest absolute Gasteiger partial charge is 0.268 e. The Morgan fingerprint density at radius 1 is 1.12 bits per heavy atom. The highest BCUT2D eigenvalue weighted by atomic mass is 32.1. The number of pyridine rings is 1. The fourth-order valence-electron chi connectivity index (χ4n) is 2.95. The lowest BCUT2D eigenvalue weighted by Crippen LogP contribution is -2.35. The Morgan fingerprint density at radius 3 is 2.71 bits per heavy atom. The van der Waals surface area contributed by atoms with Crippen LogP contribution in [0.25, 0.3) is 11.4 Å². The predicted octanol–water partition coefficient (Wildman–Crippen LogP) is 2.99. The van der Waals surface area contributed by atoms with Gasteiger partial charge in [0.2, 0.25) is 0 Å². The highest BCUT2D eigenvalue weighted by Crippen LogP contribution is 2.31. The van der Waals surface area contributed by atoms with E-state index in [1.54, 1.807) is 6.20 Å². The third-order valence-electron chi connectivity index (χ3n) is 4.25. The molecule has 0 aliphatic carbocycles. The summed E-state index contributed by atoms with van der Waals surface area (Å²) < 4.78 is 4.35. The van der Waals surface area contributed by atoms with Crippen LogP contribution in [0.2, 0.25) is 0 Å². The molecule has 1 amide bonds. The summed E-state index contributed by atoms with van der Waals surface area (Å²) in [5.74, 6) is -0.0540. The van der Waals surface area contributed by atoms with Gasteiger partial charge in [0.1, 0.15) is 10.6 Å². The van der Waals surface area contributed by atoms with E-state index in [0.717, 1.165) is 18.0 Å². The zero-order chi connectivity index (χ0) is 16.5. The average Bonchev–Trinajstić information content (AvgIpc) is 3.03. The SMILES string of the molecule is Nc1c(-c2ccccn2)nsc1C(=O)N1CCc2ccccc2C1. The van der Waals surface area contributed by atoms with Crippen molar-refractivity contribution in [1.29, 1.82) is 0 Å². The monoisotopic (exact) mass is 336 g/mol. The Kier molecular flexibility index (Phi) is 3.74. The largest absolute Gasteiger partial charge is 0.396 e. The lowest BCUT2D eigenvalue weighted by molar-refractivity contribution is 0.0740. The molecule has 1 aliphatic rings. The Balaban J connectivity index is 1.61. The number of benzene rings is 1. The van der Waals surface area contributed by atoms with Gasteiger partial charge in [0, 0.05) is 19.3 Å². The highest BCUT2D eigenvalue weighted by Gasteiger charge is 2.26. The maximum Gasteiger partial charge on any atom is 0.268 e. The average molecular weight is 336 g/mol. The standard InChI is InChI=1S/C18H16N4OS/c19-15-16(14-7-3-4-9-20-14)21-24-17(15)18(23)22-10-8-12-5-1-2-6-13(12)11-22/h1-7,9H,8,10-11,19H2. The number of aromatic nitrogens is 2. The van der Waals surface area contributed by atoms with Gasteiger partial charge in [0.25, 0.3) is 5.91 Å². The molecule has 6 heteroatoms. The lowest BCUT2D eigenvalue weighted by Gasteiger charge is -2.28. The molecule has 0 bridgehead atoms. The van der Waals surface area contributed by atoms with Crippen molar-refractivity contribution in [2.45, 2.75) is 13.0 Å². The lowest BCUT2D eigenvalue weighted by atomic mass is 10.00. The van der Waals surface area contributed by atoms with E-state index >= 15 is 0 Å². The van der Waals surface area contributed by atoms with Crippen LogP contribution < -0.4 is 5.73 Å². The van der Waals surface area contributed by atoms with Gasteiger partial charge in [-0.25, -0.2) is 0 Å². The van der Waals surface area contributed by atoms with Crippen LogP contribution >= 0.6 is 11.5 Å². The number of carbonyl (C=O) groups is 1. The summed E-state index contributed by atoms with van der Waals surface area (Å²) in [5, 5.41) is 0. The Bertz CT molecular complexity index is 891. The van der Waals surface area contributed by atoms with Crippen molar-refractivity contribution in [2.24, 2.45) is 0 Å². The van der Waals surface area contributed by atoms with Gasteiger partial charge in [-0.2, -0.15) is 4.37 Å². The van der Waals surface area contributed by atoms with Crippen molar-refractivity contribution < 1.29 is 4.79 Å². The summed E-state index contributed by atoms with van der Waals surface area (Å²) in [6.07, 6.45) is 2.56. The number of nitrogens with zero attached hydrogens (tertiary/aromatic N) is 3. The molecule has 0 saturated carbocycles. The van der Waals surface area contributed by atoms with Crippen LogP contribution in [0.1, 0.15) is 20.8 Å². The summed E-state index contributed by atoms with van der Waals surface area (Å²) in [6, 6.07) is 13.8. The maximum atomic E-state index is 12.9. The van der Waals surface area contributed by atoms with Crippen molar-refractivity contribution in [3.63, 3.8) is 0 Å². The van der Waals surface area contributed by atoms with E-state index in [2.05, 4.69) is 21.5 Å². The van der Waals surface area contributed by atoms with Crippen LogP contribution in [0.15, 0.2) is 48.7 Å². The van der Waals surface area contributed by atoms with Gasteiger partial charge in [-0.1, -0.05) is 30.3 Å². The van der Waals surface area contributed by atoms with Gasteiger partial charge in [-0.15, -0.1) is 0 Å². The van der Waals surface area contributed by atoms with Crippen LogP contribution in [-0.4, -0.2) is 26.7 Å². The van der Waals surface area contributed by atoms with Gasteiger partial charge >= 0.3 is 0 Å². The number of anilines is 1. The molecule has 1 aliphatic heterocycles. The molecule has 2 N–H and O–H groups in total. The number of nitrogen functional groups attached to an aromatic ring is 1. The fourth-order valence-corrected chi connectivity index (χ4v) is 3.73. The molecule has 4 rings (SSSR count). The van der Waals surface area contributed by atoms with Crippen molar-refractivity contribution in [1.82, 2.24) is 14.3 Å². The Hall–Kier alpha value is -2.73. The number of carbonyl (C=O) groups excluding carboxylic acids is 1. The molecule has 0 spiro atoms. The molecule has 2 aromatic heterocycles. The molecule has 24 heavy (non-hydrogen) atoms. The van der Waals surface area contributed by atoms with E-state index in [4.69, 9.17) is 5.73 Å². The second-order valence-electron chi connectivity index (χ2n) is 5.73. The number of rotatable bonds is 2. The zero-order valence-corrected chi connectivity index (χ0v) is 13.8. The molecular formula is C18H16N4OS. The van der Waals surface area contributed by atoms with E-state index in [9.17, 15) is 4.79 Å². The van der Waals surface area contributed by atoms with Crippen molar-refractivity contribution in [2.75, 3.05) is 12.3 Å². The quantitative estimate of drug-likeness (QED) is 0.781. The van der Waals surface area contributed by atoms with Gasteiger partial charge in [-0.05, 0) is 41.2 Å². The van der Waals surface area contributed by atoms with Gasteiger partial charge in [0.15, 0.2) is 0 Å². The second-order valence-corrected chi connectivity index (χ2v) is 6.51. The Morgan fingerprint density at radius 2 is 1.92 bits per heavy atom. The van der Waals surface area contributed by atoms with Crippen LogP contribution in [0.4, 0.5) is 5.69 Å². The fraction of sp³-hybridized carbons (Fsp3) is 0.167. The first kappa shape index (κ1) is 14.8. The third-order valence-corrected chi connectivity index (χ3v) is 5.10. The molecule has 5 nitrogen and oxygen atoms in total. The number of nitrogens with two attached hydrogens (primary N) is 1. The zero-order valence-electron chi connectivity index (χ0n) is 13.0. The van der Waals surface area contributed by atoms with E-state index in [1.807, 2.05) is 35.2 Å². The number of amides is 1. The summed E-state index contributed by atoms with van der Waals surface area (Å²) >= 11 is 1.15. The van der Waals surface area contributed by atoms with Crippen LogP contribution in [0.3, 0.4) is 0 Å². The number of hydrogen-bond donors (Lipinski definition) is 1. The minimum atomic E-state index is -0.0540. The highest BCUT2D eigenvalue weighted by molar-refractivity contribution is 7.09. The van der Waals surface area contributed by atoms with Crippen molar-refractivity contribution in [3.05, 3.63) is 64.7 Å². The predicted molar refractivity (Wildman–Crippen MR) is 94.6 cm³/mol. The summed E-state index contributed by atoms with van der Waals surface area (Å²) in [6.45, 7) is 1.32. The first-order valence-corrected chi connectivity index (χ1v) is 8.54. The minimum Gasteiger partial charge on any atom is -0.396 e. The van der Waals surface area contributed by atoms with Crippen LogP contribution in [0, 0.1) is 0 Å². The molecular weight excluding hydrogens is 320 g/mol. The van der Waals surface area contributed by atoms with Crippen LogP contribution in [0.5, 0.6) is 0 Å². The Labute approximate surface area is 143 Å². The maximum absolute atomic E-state index is 12.9. The molecule has 0 radical (unpaired) electrons. The first-order chi connectivity index (χ1) is 11.7. The summed E-state index contributed by atoms with van der Waals surface area (Å²) in [7, 11) is 0. The summed E-state index contributed by atoms with van der Waals surface area (Å²) in [4.78, 5) is 19.5. The molecule has 120 valence electrons. The van der Waals surface area contributed by atoms with E-state index in [1.165, 1.54) is 11.1 Å². The molecule has 0 fully saturated rings. The molecule has 3 aromatic rings. The van der Waals surface area contributed by atoms with E-state index in [-0.39, 0.29) is 5.91 Å². The first-order valence-electron chi connectivity index (χ1n) is 7.76. The van der Waals surface area contributed by atoms with Gasteiger partial charge in [-0.3, -0.25) is 9.78 Å². The van der Waals surface area contributed by atoms with E-state index < -0.39 is 0 Å². The minimum absolute atomic E-state index is 0.0540. The van der Waals surface area contributed by atoms with Crippen LogP contribution in [-0.2, 0) is 13.0 Å². The molecule has 0 atom stereocenters. The number of hydrogen-bond acceptors (Lipinski definition) is 5.